The second kappa shape index (κ2) is 9.03. The molecule has 2 aromatic carbocycles. The highest BCUT2D eigenvalue weighted by Crippen LogP contribution is 2.32. The minimum absolute atomic E-state index is 0.505. The van der Waals surface area contributed by atoms with E-state index in [0.29, 0.717) is 23.6 Å². The standard InChI is InChI=1S/C21H23ClO6/c1-2-27-15-6-3-12(4-7-15)9-14-10-13(5-8-16(14)22)21-20(26)19(25)18(24)17(11-23)28-21/h3-8,10,17-19,21,23-25H,2,9,11H2,1H3. The van der Waals surface area contributed by atoms with Crippen molar-refractivity contribution in [3.63, 3.8) is 0 Å². The molecule has 1 heterocycles. The number of hydrogen-bond donors (Lipinski definition) is 3. The van der Waals surface area contributed by atoms with Gasteiger partial charge in [0, 0.05) is 5.02 Å². The normalized spacial score (nSPS) is 25.0. The smallest absolute Gasteiger partial charge is 0.197 e. The summed E-state index contributed by atoms with van der Waals surface area (Å²) in [4.78, 5) is 12.4. The third-order valence-corrected chi connectivity index (χ3v) is 5.12. The molecule has 1 aliphatic rings. The highest BCUT2D eigenvalue weighted by Gasteiger charge is 2.43. The minimum atomic E-state index is -1.61. The quantitative estimate of drug-likeness (QED) is 0.679. The Morgan fingerprint density at radius 3 is 2.50 bits per heavy atom. The third-order valence-electron chi connectivity index (χ3n) is 4.75. The van der Waals surface area contributed by atoms with Crippen LogP contribution in [-0.2, 0) is 16.0 Å². The molecule has 1 aliphatic heterocycles. The molecule has 3 rings (SSSR count). The van der Waals surface area contributed by atoms with Crippen molar-refractivity contribution in [3.8, 4) is 5.75 Å². The van der Waals surface area contributed by atoms with Crippen molar-refractivity contribution in [1.82, 2.24) is 0 Å². The Morgan fingerprint density at radius 2 is 1.86 bits per heavy atom. The molecule has 0 aliphatic carbocycles. The summed E-state index contributed by atoms with van der Waals surface area (Å²) < 4.78 is 11.0. The number of ether oxygens (including phenoxy) is 2. The molecule has 0 amide bonds. The Balaban J connectivity index is 1.83. The molecule has 3 N–H and O–H groups in total. The van der Waals surface area contributed by atoms with E-state index in [1.807, 2.05) is 31.2 Å². The van der Waals surface area contributed by atoms with E-state index in [1.165, 1.54) is 0 Å². The number of rotatable bonds is 6. The number of aliphatic hydroxyl groups is 3. The molecule has 0 saturated carbocycles. The highest BCUT2D eigenvalue weighted by molar-refractivity contribution is 6.31. The van der Waals surface area contributed by atoms with Gasteiger partial charge >= 0.3 is 0 Å². The Morgan fingerprint density at radius 1 is 1.14 bits per heavy atom. The van der Waals surface area contributed by atoms with Crippen molar-refractivity contribution in [1.29, 1.82) is 0 Å². The van der Waals surface area contributed by atoms with Crippen molar-refractivity contribution in [2.24, 2.45) is 0 Å². The maximum Gasteiger partial charge on any atom is 0.197 e. The summed E-state index contributed by atoms with van der Waals surface area (Å²) in [7, 11) is 0. The van der Waals surface area contributed by atoms with Gasteiger partial charge in [-0.2, -0.15) is 0 Å². The lowest BCUT2D eigenvalue weighted by Crippen LogP contribution is -2.53. The SMILES string of the molecule is CCOc1ccc(Cc2cc(C3OC(CO)C(O)C(O)C3=O)ccc2Cl)cc1. The summed E-state index contributed by atoms with van der Waals surface area (Å²) in [6, 6.07) is 12.7. The molecule has 0 aromatic heterocycles. The zero-order chi connectivity index (χ0) is 20.3. The lowest BCUT2D eigenvalue weighted by molar-refractivity contribution is -0.189. The van der Waals surface area contributed by atoms with E-state index in [2.05, 4.69) is 0 Å². The molecule has 150 valence electrons. The zero-order valence-electron chi connectivity index (χ0n) is 15.4. The fourth-order valence-corrected chi connectivity index (χ4v) is 3.41. The fraction of sp³-hybridized carbons (Fsp3) is 0.381. The average molecular weight is 407 g/mol. The van der Waals surface area contributed by atoms with E-state index in [-0.39, 0.29) is 0 Å². The molecule has 2 aromatic rings. The second-order valence-corrected chi connectivity index (χ2v) is 7.09. The van der Waals surface area contributed by atoms with E-state index in [4.69, 9.17) is 21.1 Å². The van der Waals surface area contributed by atoms with Gasteiger partial charge in [0.15, 0.2) is 5.78 Å². The number of carbonyl (C=O) groups excluding carboxylic acids is 1. The Bertz CT molecular complexity index is 822. The first-order valence-electron chi connectivity index (χ1n) is 9.10. The van der Waals surface area contributed by atoms with Crippen molar-refractivity contribution in [2.75, 3.05) is 13.2 Å². The number of Topliss-reactive ketones (excluding diaryl/α,β-unsaturated/α-hetero) is 1. The first kappa shape index (κ1) is 20.8. The van der Waals surface area contributed by atoms with Gasteiger partial charge in [-0.1, -0.05) is 35.9 Å². The molecule has 1 saturated heterocycles. The van der Waals surface area contributed by atoms with Gasteiger partial charge in [0.1, 0.15) is 30.2 Å². The molecule has 0 bridgehead atoms. The largest absolute Gasteiger partial charge is 0.494 e. The molecule has 28 heavy (non-hydrogen) atoms. The lowest BCUT2D eigenvalue weighted by atomic mass is 9.91. The van der Waals surface area contributed by atoms with Crippen LogP contribution in [0.25, 0.3) is 0 Å². The predicted molar refractivity (Wildman–Crippen MR) is 104 cm³/mol. The maximum atomic E-state index is 12.4. The zero-order valence-corrected chi connectivity index (χ0v) is 16.2. The van der Waals surface area contributed by atoms with Crippen LogP contribution in [-0.4, -0.2) is 52.6 Å². The monoisotopic (exact) mass is 406 g/mol. The first-order valence-corrected chi connectivity index (χ1v) is 9.48. The molecule has 0 spiro atoms. The molecule has 4 atom stereocenters. The van der Waals surface area contributed by atoms with Crippen LogP contribution >= 0.6 is 11.6 Å². The van der Waals surface area contributed by atoms with Gasteiger partial charge in [-0.3, -0.25) is 4.79 Å². The summed E-state index contributed by atoms with van der Waals surface area (Å²) in [5.41, 5.74) is 2.32. The molecule has 6 nitrogen and oxygen atoms in total. The number of carbonyl (C=O) groups is 1. The molecule has 0 radical (unpaired) electrons. The van der Waals surface area contributed by atoms with Gasteiger partial charge in [0.25, 0.3) is 0 Å². The summed E-state index contributed by atoms with van der Waals surface area (Å²) in [6.07, 6.45) is -4.64. The van der Waals surface area contributed by atoms with Crippen LogP contribution in [0.5, 0.6) is 5.75 Å². The van der Waals surface area contributed by atoms with Crippen LogP contribution in [0.3, 0.4) is 0 Å². The van der Waals surface area contributed by atoms with E-state index in [1.54, 1.807) is 18.2 Å². The van der Waals surface area contributed by atoms with Crippen LogP contribution in [0.1, 0.15) is 29.7 Å². The van der Waals surface area contributed by atoms with Gasteiger partial charge in [0.2, 0.25) is 0 Å². The van der Waals surface area contributed by atoms with E-state index >= 15 is 0 Å². The number of hydrogen-bond acceptors (Lipinski definition) is 6. The van der Waals surface area contributed by atoms with Crippen LogP contribution < -0.4 is 4.74 Å². The van der Waals surface area contributed by atoms with Crippen molar-refractivity contribution in [2.45, 2.75) is 37.8 Å². The van der Waals surface area contributed by atoms with Crippen LogP contribution in [0.2, 0.25) is 5.02 Å². The number of aliphatic hydroxyl groups excluding tert-OH is 3. The van der Waals surface area contributed by atoms with E-state index < -0.39 is 36.8 Å². The number of halogens is 1. The van der Waals surface area contributed by atoms with Crippen molar-refractivity contribution < 1.29 is 29.6 Å². The summed E-state index contributed by atoms with van der Waals surface area (Å²) in [5.74, 6) is 0.140. The molecular formula is C21H23ClO6. The second-order valence-electron chi connectivity index (χ2n) is 6.68. The molecule has 4 unspecified atom stereocenters. The Hall–Kier alpha value is -1.96. The first-order chi connectivity index (χ1) is 13.4. The van der Waals surface area contributed by atoms with Gasteiger partial charge in [-0.05, 0) is 48.2 Å². The summed E-state index contributed by atoms with van der Waals surface area (Å²) in [6.45, 7) is 2.01. The van der Waals surface area contributed by atoms with Crippen LogP contribution in [0.4, 0.5) is 0 Å². The molecule has 7 heteroatoms. The van der Waals surface area contributed by atoms with E-state index in [0.717, 1.165) is 16.9 Å². The van der Waals surface area contributed by atoms with Gasteiger partial charge < -0.3 is 24.8 Å². The fourth-order valence-electron chi connectivity index (χ4n) is 3.23. The van der Waals surface area contributed by atoms with Crippen LogP contribution in [0, 0.1) is 0 Å². The average Bonchev–Trinajstić information content (AvgIpc) is 2.70. The molecular weight excluding hydrogens is 384 g/mol. The summed E-state index contributed by atoms with van der Waals surface area (Å²) in [5, 5.41) is 29.7. The Kier molecular flexibility index (Phi) is 6.69. The van der Waals surface area contributed by atoms with Crippen LogP contribution in [0.15, 0.2) is 42.5 Å². The van der Waals surface area contributed by atoms with Gasteiger partial charge in [0.05, 0.1) is 13.2 Å². The third kappa shape index (κ3) is 4.37. The predicted octanol–water partition coefficient (Wildman–Crippen LogP) is 2.05. The van der Waals surface area contributed by atoms with Crippen molar-refractivity contribution >= 4 is 17.4 Å². The van der Waals surface area contributed by atoms with Gasteiger partial charge in [-0.15, -0.1) is 0 Å². The topological polar surface area (TPSA) is 96.2 Å². The Labute approximate surface area is 168 Å². The number of benzene rings is 2. The van der Waals surface area contributed by atoms with Gasteiger partial charge in [-0.25, -0.2) is 0 Å². The lowest BCUT2D eigenvalue weighted by Gasteiger charge is -2.35. The highest BCUT2D eigenvalue weighted by atomic mass is 35.5. The maximum absolute atomic E-state index is 12.4. The minimum Gasteiger partial charge on any atom is -0.494 e. The summed E-state index contributed by atoms with van der Waals surface area (Å²) >= 11 is 6.33. The van der Waals surface area contributed by atoms with E-state index in [9.17, 15) is 20.1 Å². The molecule has 1 fully saturated rings. The number of ketones is 1. The van der Waals surface area contributed by atoms with Crippen molar-refractivity contribution in [3.05, 3.63) is 64.2 Å².